The van der Waals surface area contributed by atoms with Gasteiger partial charge in [-0.15, -0.1) is 0 Å². The highest BCUT2D eigenvalue weighted by molar-refractivity contribution is 6.12. The molecule has 0 aliphatic carbocycles. The fourth-order valence-corrected chi connectivity index (χ4v) is 11.8. The van der Waals surface area contributed by atoms with E-state index in [-0.39, 0.29) is 0 Å². The Balaban J connectivity index is 0.872. The number of para-hydroxylation sites is 5. The van der Waals surface area contributed by atoms with E-state index in [1.807, 2.05) is 0 Å². The monoisotopic (exact) mass is 908 g/mol. The third kappa shape index (κ3) is 6.31. The van der Waals surface area contributed by atoms with Gasteiger partial charge in [-0.25, -0.2) is 0 Å². The Morgan fingerprint density at radius 3 is 1.07 bits per heavy atom. The van der Waals surface area contributed by atoms with Crippen LogP contribution in [0.4, 0.5) is 0 Å². The fraction of sp³-hybridized carbons (Fsp3) is 0.0448. The summed E-state index contributed by atoms with van der Waals surface area (Å²) in [6.07, 6.45) is 5.36. The highest BCUT2D eigenvalue weighted by Gasteiger charge is 2.20. The molecule has 0 amide bonds. The summed E-state index contributed by atoms with van der Waals surface area (Å²) >= 11 is 0. The van der Waals surface area contributed by atoms with Gasteiger partial charge >= 0.3 is 0 Å². The van der Waals surface area contributed by atoms with E-state index in [9.17, 15) is 0 Å². The molecule has 0 N–H and O–H groups in total. The van der Waals surface area contributed by atoms with Crippen molar-refractivity contribution < 1.29 is 0 Å². The maximum Gasteiger partial charge on any atom is 0.0541 e. The minimum Gasteiger partial charge on any atom is -0.310 e. The van der Waals surface area contributed by atoms with E-state index >= 15 is 0 Å². The lowest BCUT2D eigenvalue weighted by Gasteiger charge is -2.14. The molecule has 4 heterocycles. The number of hydrogen-bond donors (Lipinski definition) is 0. The zero-order valence-electron chi connectivity index (χ0n) is 39.6. The summed E-state index contributed by atoms with van der Waals surface area (Å²) in [5.74, 6) is 0. The van der Waals surface area contributed by atoms with Gasteiger partial charge in [-0.1, -0.05) is 146 Å². The molecule has 10 aromatic carbocycles. The summed E-state index contributed by atoms with van der Waals surface area (Å²) in [7, 11) is 0. The first-order valence-electron chi connectivity index (χ1n) is 24.8. The second kappa shape index (κ2) is 16.3. The van der Waals surface area contributed by atoms with Crippen LogP contribution in [0.3, 0.4) is 0 Å². The maximum atomic E-state index is 2.46. The SMILES string of the molecule is C/C=C\c1c(CC)c2cc(-c3cccc(-n4c5ccccc5c5ccccc54)c3)ccc2n1-c1cccc(-n2c3ccccc3c3cc(-c4cccc(-n5c6ccccc6c6ccccc65)c4)ccc32)c1. The lowest BCUT2D eigenvalue weighted by Crippen LogP contribution is -2.00. The van der Waals surface area contributed by atoms with Gasteiger partial charge in [0, 0.05) is 66.1 Å². The molecule has 14 aromatic rings. The Hall–Kier alpha value is -9.12. The first-order valence-corrected chi connectivity index (χ1v) is 24.8. The Kier molecular flexibility index (Phi) is 9.37. The number of aromatic nitrogens is 4. The predicted octanol–water partition coefficient (Wildman–Crippen LogP) is 17.9. The maximum absolute atomic E-state index is 2.46. The van der Waals surface area contributed by atoms with Crippen molar-refractivity contribution in [1.82, 2.24) is 18.3 Å². The van der Waals surface area contributed by atoms with Crippen molar-refractivity contribution in [2.24, 2.45) is 0 Å². The molecule has 0 unspecified atom stereocenters. The van der Waals surface area contributed by atoms with Crippen LogP contribution in [-0.2, 0) is 6.42 Å². The van der Waals surface area contributed by atoms with Crippen LogP contribution in [0.2, 0.25) is 0 Å². The first kappa shape index (κ1) is 40.9. The summed E-state index contributed by atoms with van der Waals surface area (Å²) in [6.45, 7) is 4.40. The van der Waals surface area contributed by atoms with Gasteiger partial charge in [0.25, 0.3) is 0 Å². The van der Waals surface area contributed by atoms with Gasteiger partial charge in [0.1, 0.15) is 0 Å². The van der Waals surface area contributed by atoms with Crippen LogP contribution in [0, 0.1) is 0 Å². The molecule has 0 aliphatic rings. The summed E-state index contributed by atoms with van der Waals surface area (Å²) in [6, 6.07) is 84.9. The first-order chi connectivity index (χ1) is 35.1. The number of allylic oxidation sites excluding steroid dienone is 1. The molecular formula is C67H48N4. The average molecular weight is 909 g/mol. The Bertz CT molecular complexity index is 4360. The molecule has 71 heavy (non-hydrogen) atoms. The predicted molar refractivity (Wildman–Crippen MR) is 301 cm³/mol. The van der Waals surface area contributed by atoms with Gasteiger partial charge in [0.15, 0.2) is 0 Å². The molecule has 336 valence electrons. The normalized spacial score (nSPS) is 12.1. The lowest BCUT2D eigenvalue weighted by atomic mass is 10.0. The van der Waals surface area contributed by atoms with Gasteiger partial charge in [-0.3, -0.25) is 0 Å². The average Bonchev–Trinajstić information content (AvgIpc) is 4.15. The molecule has 0 saturated carbocycles. The van der Waals surface area contributed by atoms with Crippen molar-refractivity contribution in [3.63, 3.8) is 0 Å². The molecule has 0 radical (unpaired) electrons. The number of fused-ring (bicyclic) bond motifs is 10. The van der Waals surface area contributed by atoms with E-state index in [1.165, 1.54) is 110 Å². The number of nitrogens with zero attached hydrogens (tertiary/aromatic N) is 4. The van der Waals surface area contributed by atoms with E-state index in [1.54, 1.807) is 0 Å². The van der Waals surface area contributed by atoms with Crippen LogP contribution in [-0.4, -0.2) is 18.3 Å². The standard InChI is InChI=1S/C67H48N4/c1-3-18-60-52(4-2)58-41-46(44-19-15-21-48(39-44)68-61-30-10-5-25-53(61)54-26-6-11-31-62(54)68)35-37-66(58)70(60)50-23-17-24-51(43-50)71-65-34-14-9-29-57(65)59-42-47(36-38-67(59)71)45-20-16-22-49(40-45)69-63-32-12-7-27-55(63)56-28-8-13-33-64(56)69/h3,5-43H,4H2,1-2H3/b18-3-. The van der Waals surface area contributed by atoms with Crippen LogP contribution >= 0.6 is 0 Å². The number of rotatable bonds is 8. The quantitative estimate of drug-likeness (QED) is 0.145. The van der Waals surface area contributed by atoms with Crippen LogP contribution < -0.4 is 0 Å². The highest BCUT2D eigenvalue weighted by Crippen LogP contribution is 2.40. The second-order valence-electron chi connectivity index (χ2n) is 18.7. The molecule has 0 bridgehead atoms. The second-order valence-corrected chi connectivity index (χ2v) is 18.7. The lowest BCUT2D eigenvalue weighted by molar-refractivity contribution is 1.05. The van der Waals surface area contributed by atoms with Gasteiger partial charge in [-0.05, 0) is 144 Å². The fourth-order valence-electron chi connectivity index (χ4n) is 11.8. The Morgan fingerprint density at radius 1 is 0.296 bits per heavy atom. The number of benzene rings is 10. The molecular weight excluding hydrogens is 861 g/mol. The summed E-state index contributed by atoms with van der Waals surface area (Å²) in [4.78, 5) is 0. The van der Waals surface area contributed by atoms with Crippen molar-refractivity contribution in [3.8, 4) is 45.0 Å². The van der Waals surface area contributed by atoms with E-state index in [0.29, 0.717) is 0 Å². The zero-order chi connectivity index (χ0) is 47.2. The molecule has 0 atom stereocenters. The molecule has 0 spiro atoms. The van der Waals surface area contributed by atoms with Crippen molar-refractivity contribution in [2.75, 3.05) is 0 Å². The summed E-state index contributed by atoms with van der Waals surface area (Å²) in [5, 5.41) is 8.81. The van der Waals surface area contributed by atoms with Gasteiger partial charge in [0.05, 0.1) is 38.6 Å². The van der Waals surface area contributed by atoms with E-state index in [4.69, 9.17) is 0 Å². The number of aryl methyl sites for hydroxylation is 1. The van der Waals surface area contributed by atoms with E-state index in [0.717, 1.165) is 29.2 Å². The molecule has 4 heteroatoms. The number of hydrogen-bond acceptors (Lipinski definition) is 0. The molecule has 0 fully saturated rings. The topological polar surface area (TPSA) is 19.7 Å². The molecule has 4 aromatic heterocycles. The van der Waals surface area contributed by atoms with Crippen molar-refractivity contribution in [1.29, 1.82) is 0 Å². The van der Waals surface area contributed by atoms with Gasteiger partial charge < -0.3 is 18.3 Å². The largest absolute Gasteiger partial charge is 0.310 e. The third-order valence-electron chi connectivity index (χ3n) is 14.8. The van der Waals surface area contributed by atoms with E-state index < -0.39 is 0 Å². The summed E-state index contributed by atoms with van der Waals surface area (Å²) < 4.78 is 9.71. The molecule has 4 nitrogen and oxygen atoms in total. The molecule has 0 saturated heterocycles. The summed E-state index contributed by atoms with van der Waals surface area (Å²) in [5.41, 5.74) is 20.3. The van der Waals surface area contributed by atoms with Gasteiger partial charge in [-0.2, -0.15) is 0 Å². The minimum atomic E-state index is 0.907. The van der Waals surface area contributed by atoms with Gasteiger partial charge in [0.2, 0.25) is 0 Å². The molecule has 14 rings (SSSR count). The van der Waals surface area contributed by atoms with Crippen molar-refractivity contribution in [2.45, 2.75) is 20.3 Å². The highest BCUT2D eigenvalue weighted by atomic mass is 15.0. The molecule has 0 aliphatic heterocycles. The zero-order valence-corrected chi connectivity index (χ0v) is 39.6. The van der Waals surface area contributed by atoms with Crippen LogP contribution in [0.1, 0.15) is 25.1 Å². The van der Waals surface area contributed by atoms with E-state index in [2.05, 4.69) is 275 Å². The Labute approximate surface area is 411 Å². The van der Waals surface area contributed by atoms with Crippen LogP contribution in [0.5, 0.6) is 0 Å². The van der Waals surface area contributed by atoms with Crippen LogP contribution in [0.25, 0.3) is 127 Å². The van der Waals surface area contributed by atoms with Crippen molar-refractivity contribution >= 4 is 82.4 Å². The third-order valence-corrected chi connectivity index (χ3v) is 14.8. The Morgan fingerprint density at radius 2 is 0.634 bits per heavy atom. The van der Waals surface area contributed by atoms with Crippen molar-refractivity contribution in [3.05, 3.63) is 248 Å². The minimum absolute atomic E-state index is 0.907. The van der Waals surface area contributed by atoms with Crippen LogP contribution in [0.15, 0.2) is 237 Å². The smallest absolute Gasteiger partial charge is 0.0541 e.